The van der Waals surface area contributed by atoms with Crippen LogP contribution in [0.15, 0.2) is 65.6 Å². The van der Waals surface area contributed by atoms with E-state index in [4.69, 9.17) is 18.9 Å². The monoisotopic (exact) mass is 667 g/mol. The Labute approximate surface area is 277 Å². The molecule has 47 heavy (non-hydrogen) atoms. The first-order chi connectivity index (χ1) is 22.5. The molecule has 1 N–H and O–H groups in total. The Balaban J connectivity index is 1.78. The molecule has 254 valence electrons. The summed E-state index contributed by atoms with van der Waals surface area (Å²) in [5.74, 6) is 0.242. The van der Waals surface area contributed by atoms with Gasteiger partial charge in [0.05, 0.1) is 39.0 Å². The second-order valence-electron chi connectivity index (χ2n) is 11.6. The van der Waals surface area contributed by atoms with Crippen molar-refractivity contribution in [3.05, 3.63) is 71.8 Å². The van der Waals surface area contributed by atoms with E-state index in [1.165, 1.54) is 57.6 Å². The Morgan fingerprint density at radius 2 is 1.47 bits per heavy atom. The molecule has 1 aliphatic rings. The van der Waals surface area contributed by atoms with Crippen molar-refractivity contribution in [3.63, 3.8) is 0 Å². The highest BCUT2D eigenvalue weighted by Gasteiger charge is 2.35. The molecular weight excluding hydrogens is 622 g/mol. The fraction of sp³-hybridized carbons (Fsp3) is 0.429. The third kappa shape index (κ3) is 8.48. The van der Waals surface area contributed by atoms with Crippen LogP contribution in [0.4, 0.5) is 5.69 Å². The van der Waals surface area contributed by atoms with Crippen LogP contribution in [0.2, 0.25) is 0 Å². The van der Waals surface area contributed by atoms with Crippen LogP contribution in [0.3, 0.4) is 0 Å². The SMILES string of the molecule is COc1ccc(OC)c(N(CC(=O)N(Cc2ccc(C)cc2)[C@@H](C)C(=O)NC2CCCCC2)S(=O)(=O)c2ccc(OC)c(OC)c2)c1. The number of nitrogens with one attached hydrogen (secondary N) is 1. The van der Waals surface area contributed by atoms with Crippen LogP contribution in [-0.2, 0) is 26.2 Å². The fourth-order valence-corrected chi connectivity index (χ4v) is 7.08. The third-order valence-electron chi connectivity index (χ3n) is 8.47. The number of amides is 2. The molecular formula is C35H45N3O8S. The standard InChI is InChI=1S/C35H45N3O8S/c1-24-12-14-26(15-13-24)22-37(25(2)35(40)36-27-10-8-7-9-11-27)34(39)23-38(30-20-28(43-3)16-18-31(30)44-4)47(41,42)29-17-19-32(45-5)33(21-29)46-6/h12-21,25,27H,7-11,22-23H2,1-6H3,(H,36,40)/t25-/m0/s1. The minimum atomic E-state index is -4.43. The van der Waals surface area contributed by atoms with Crippen molar-refractivity contribution in [1.82, 2.24) is 10.2 Å². The summed E-state index contributed by atoms with van der Waals surface area (Å²) in [4.78, 5) is 29.3. The molecule has 2 amide bonds. The van der Waals surface area contributed by atoms with Gasteiger partial charge in [0.2, 0.25) is 11.8 Å². The first-order valence-electron chi connectivity index (χ1n) is 15.6. The zero-order valence-electron chi connectivity index (χ0n) is 27.9. The van der Waals surface area contributed by atoms with Gasteiger partial charge in [-0.05, 0) is 56.5 Å². The highest BCUT2D eigenvalue weighted by molar-refractivity contribution is 7.92. The molecule has 4 rings (SSSR count). The van der Waals surface area contributed by atoms with Crippen molar-refractivity contribution in [2.24, 2.45) is 0 Å². The highest BCUT2D eigenvalue weighted by atomic mass is 32.2. The van der Waals surface area contributed by atoms with Crippen molar-refractivity contribution in [2.75, 3.05) is 39.3 Å². The summed E-state index contributed by atoms with van der Waals surface area (Å²) < 4.78 is 51.6. The van der Waals surface area contributed by atoms with Gasteiger partial charge in [0.15, 0.2) is 11.5 Å². The molecule has 11 nitrogen and oxygen atoms in total. The number of ether oxygens (including phenoxy) is 4. The molecule has 12 heteroatoms. The lowest BCUT2D eigenvalue weighted by Gasteiger charge is -2.33. The lowest BCUT2D eigenvalue weighted by atomic mass is 9.95. The minimum absolute atomic E-state index is 0.0398. The zero-order valence-corrected chi connectivity index (χ0v) is 28.8. The summed E-state index contributed by atoms with van der Waals surface area (Å²) in [6.07, 6.45) is 4.99. The fourth-order valence-electron chi connectivity index (χ4n) is 5.65. The van der Waals surface area contributed by atoms with Gasteiger partial charge in [0, 0.05) is 24.7 Å². The first-order valence-corrected chi connectivity index (χ1v) is 17.1. The summed E-state index contributed by atoms with van der Waals surface area (Å²) in [5, 5.41) is 3.12. The van der Waals surface area contributed by atoms with Gasteiger partial charge in [-0.25, -0.2) is 8.42 Å². The Morgan fingerprint density at radius 3 is 2.09 bits per heavy atom. The molecule has 0 unspecified atom stereocenters. The molecule has 1 fully saturated rings. The summed E-state index contributed by atoms with van der Waals surface area (Å²) in [7, 11) is 1.30. The number of sulfonamides is 1. The molecule has 1 saturated carbocycles. The second-order valence-corrected chi connectivity index (χ2v) is 13.5. The maximum atomic E-state index is 14.5. The van der Waals surface area contributed by atoms with Gasteiger partial charge in [-0.3, -0.25) is 13.9 Å². The first kappa shape index (κ1) is 35.4. The van der Waals surface area contributed by atoms with Crippen LogP contribution in [0.25, 0.3) is 0 Å². The van der Waals surface area contributed by atoms with Gasteiger partial charge in [-0.15, -0.1) is 0 Å². The molecule has 0 radical (unpaired) electrons. The van der Waals surface area contributed by atoms with E-state index >= 15 is 0 Å². The average Bonchev–Trinajstić information content (AvgIpc) is 3.09. The molecule has 1 aliphatic carbocycles. The maximum absolute atomic E-state index is 14.5. The van der Waals surface area contributed by atoms with Crippen molar-refractivity contribution in [1.29, 1.82) is 0 Å². The van der Waals surface area contributed by atoms with Crippen LogP contribution in [0, 0.1) is 6.92 Å². The predicted octanol–water partition coefficient (Wildman–Crippen LogP) is 5.09. The lowest BCUT2D eigenvalue weighted by molar-refractivity contribution is -0.139. The van der Waals surface area contributed by atoms with E-state index in [0.717, 1.165) is 47.5 Å². The largest absolute Gasteiger partial charge is 0.497 e. The molecule has 0 aromatic heterocycles. The van der Waals surface area contributed by atoms with E-state index in [9.17, 15) is 18.0 Å². The molecule has 0 spiro atoms. The number of rotatable bonds is 14. The van der Waals surface area contributed by atoms with Gasteiger partial charge in [-0.1, -0.05) is 49.1 Å². The number of aryl methyl sites for hydroxylation is 1. The Bertz CT molecular complexity index is 1640. The number of carbonyl (C=O) groups is 2. The van der Waals surface area contributed by atoms with Gasteiger partial charge in [0.1, 0.15) is 24.1 Å². The van der Waals surface area contributed by atoms with Crippen molar-refractivity contribution >= 4 is 27.5 Å². The Morgan fingerprint density at radius 1 is 0.830 bits per heavy atom. The molecule has 0 heterocycles. The van der Waals surface area contributed by atoms with Gasteiger partial charge in [-0.2, -0.15) is 0 Å². The number of anilines is 1. The average molecular weight is 668 g/mol. The normalized spacial score (nSPS) is 14.1. The molecule has 0 aliphatic heterocycles. The third-order valence-corrected chi connectivity index (χ3v) is 10.2. The van der Waals surface area contributed by atoms with E-state index in [1.807, 2.05) is 31.2 Å². The number of hydrogen-bond donors (Lipinski definition) is 1. The molecule has 3 aromatic rings. The molecule has 0 bridgehead atoms. The van der Waals surface area contributed by atoms with Crippen LogP contribution >= 0.6 is 0 Å². The van der Waals surface area contributed by atoms with Crippen molar-refractivity contribution in [2.45, 2.75) is 69.5 Å². The van der Waals surface area contributed by atoms with Crippen molar-refractivity contribution in [3.8, 4) is 23.0 Å². The number of carbonyl (C=O) groups excluding carboxylic acids is 2. The number of hydrogen-bond acceptors (Lipinski definition) is 8. The summed E-state index contributed by atoms with van der Waals surface area (Å²) in [6, 6.07) is 15.7. The zero-order chi connectivity index (χ0) is 34.1. The second kappa shape index (κ2) is 15.9. The summed E-state index contributed by atoms with van der Waals surface area (Å²) in [6.45, 7) is 3.10. The predicted molar refractivity (Wildman–Crippen MR) is 180 cm³/mol. The number of nitrogens with zero attached hydrogens (tertiary/aromatic N) is 2. The summed E-state index contributed by atoms with van der Waals surface area (Å²) >= 11 is 0. The van der Waals surface area contributed by atoms with Gasteiger partial charge in [0.25, 0.3) is 10.0 Å². The smallest absolute Gasteiger partial charge is 0.265 e. The van der Waals surface area contributed by atoms with E-state index in [1.54, 1.807) is 19.1 Å². The molecule has 3 aromatic carbocycles. The molecule has 0 saturated heterocycles. The quantitative estimate of drug-likeness (QED) is 0.252. The minimum Gasteiger partial charge on any atom is -0.497 e. The van der Waals surface area contributed by atoms with E-state index in [-0.39, 0.29) is 40.6 Å². The topological polar surface area (TPSA) is 124 Å². The van der Waals surface area contributed by atoms with E-state index < -0.39 is 28.5 Å². The molecule has 1 atom stereocenters. The van der Waals surface area contributed by atoms with E-state index in [0.29, 0.717) is 11.5 Å². The van der Waals surface area contributed by atoms with Crippen molar-refractivity contribution < 1.29 is 37.0 Å². The van der Waals surface area contributed by atoms with Crippen LogP contribution in [0.5, 0.6) is 23.0 Å². The highest BCUT2D eigenvalue weighted by Crippen LogP contribution is 2.38. The Kier molecular flexibility index (Phi) is 12.0. The Hall–Kier alpha value is -4.45. The van der Waals surface area contributed by atoms with E-state index in [2.05, 4.69) is 5.32 Å². The number of benzene rings is 3. The van der Waals surface area contributed by atoms with Crippen LogP contribution in [-0.4, -0.2) is 72.2 Å². The summed E-state index contributed by atoms with van der Waals surface area (Å²) in [5.41, 5.74) is 1.94. The van der Waals surface area contributed by atoms with Crippen LogP contribution < -0.4 is 28.6 Å². The lowest BCUT2D eigenvalue weighted by Crippen LogP contribution is -2.53. The number of methoxy groups -OCH3 is 4. The van der Waals surface area contributed by atoms with Gasteiger partial charge < -0.3 is 29.2 Å². The van der Waals surface area contributed by atoms with Crippen LogP contribution in [0.1, 0.15) is 50.2 Å². The van der Waals surface area contributed by atoms with Gasteiger partial charge >= 0.3 is 0 Å². The maximum Gasteiger partial charge on any atom is 0.265 e.